The highest BCUT2D eigenvalue weighted by Crippen LogP contribution is 2.11. The number of hydrogen-bond donors (Lipinski definition) is 2. The second kappa shape index (κ2) is 5.35. The zero-order chi connectivity index (χ0) is 11.3. The average Bonchev–Trinajstić information content (AvgIpc) is 2.70. The van der Waals surface area contributed by atoms with Crippen LogP contribution in [-0.4, -0.2) is 28.9 Å². The van der Waals surface area contributed by atoms with Crippen LogP contribution in [0.4, 0.5) is 0 Å². The third-order valence-electron chi connectivity index (χ3n) is 1.86. The molecule has 0 spiro atoms. The molecule has 5 nitrogen and oxygen atoms in total. The summed E-state index contributed by atoms with van der Waals surface area (Å²) >= 11 is 1.59. The summed E-state index contributed by atoms with van der Waals surface area (Å²) in [5.74, 6) is -0.239. The molecule has 1 heterocycles. The van der Waals surface area contributed by atoms with E-state index in [0.717, 1.165) is 4.88 Å². The standard InChI is InChI=1S/C9H13N3O2S/c1-12(6-7-3-2-4-15-7)9(13)5-8(10)11-14/h2-4,14H,5-6H2,1H3,(H2,10,11). The van der Waals surface area contributed by atoms with Crippen molar-refractivity contribution in [1.29, 1.82) is 0 Å². The van der Waals surface area contributed by atoms with Gasteiger partial charge in [0.25, 0.3) is 0 Å². The first-order chi connectivity index (χ1) is 7.13. The Hall–Kier alpha value is -1.56. The summed E-state index contributed by atoms with van der Waals surface area (Å²) in [6.07, 6.45) is -0.0572. The fourth-order valence-corrected chi connectivity index (χ4v) is 1.81. The third kappa shape index (κ3) is 3.59. The second-order valence-electron chi connectivity index (χ2n) is 3.10. The lowest BCUT2D eigenvalue weighted by Crippen LogP contribution is -2.30. The van der Waals surface area contributed by atoms with Crippen LogP contribution in [0.3, 0.4) is 0 Å². The number of nitrogens with two attached hydrogens (primary N) is 1. The van der Waals surface area contributed by atoms with E-state index in [9.17, 15) is 4.79 Å². The third-order valence-corrected chi connectivity index (χ3v) is 2.72. The molecule has 0 aliphatic heterocycles. The Bertz CT molecular complexity index is 348. The molecule has 0 fully saturated rings. The van der Waals surface area contributed by atoms with Crippen LogP contribution in [0.1, 0.15) is 11.3 Å². The second-order valence-corrected chi connectivity index (χ2v) is 4.13. The first-order valence-electron chi connectivity index (χ1n) is 4.36. The molecule has 0 aliphatic rings. The van der Waals surface area contributed by atoms with E-state index in [-0.39, 0.29) is 18.2 Å². The largest absolute Gasteiger partial charge is 0.409 e. The molecule has 82 valence electrons. The number of rotatable bonds is 4. The van der Waals surface area contributed by atoms with Crippen LogP contribution < -0.4 is 5.73 Å². The highest BCUT2D eigenvalue weighted by Gasteiger charge is 2.11. The van der Waals surface area contributed by atoms with Crippen molar-refractivity contribution in [3.63, 3.8) is 0 Å². The Kier molecular flexibility index (Phi) is 4.11. The van der Waals surface area contributed by atoms with Gasteiger partial charge in [-0.1, -0.05) is 11.2 Å². The summed E-state index contributed by atoms with van der Waals surface area (Å²) in [6, 6.07) is 3.89. The van der Waals surface area contributed by atoms with Crippen LogP contribution >= 0.6 is 11.3 Å². The van der Waals surface area contributed by atoms with Gasteiger partial charge in [0.2, 0.25) is 5.91 Å². The van der Waals surface area contributed by atoms with E-state index in [0.29, 0.717) is 6.54 Å². The van der Waals surface area contributed by atoms with E-state index in [1.807, 2.05) is 17.5 Å². The number of oxime groups is 1. The summed E-state index contributed by atoms with van der Waals surface area (Å²) in [7, 11) is 1.69. The molecule has 1 aromatic rings. The van der Waals surface area contributed by atoms with Gasteiger partial charge in [0.1, 0.15) is 5.84 Å². The molecule has 0 aliphatic carbocycles. The maximum atomic E-state index is 11.5. The lowest BCUT2D eigenvalue weighted by molar-refractivity contribution is -0.129. The Morgan fingerprint density at radius 3 is 3.00 bits per heavy atom. The van der Waals surface area contributed by atoms with E-state index < -0.39 is 0 Å². The molecule has 1 rings (SSSR count). The number of nitrogens with zero attached hydrogens (tertiary/aromatic N) is 2. The molecule has 0 aromatic carbocycles. The van der Waals surface area contributed by atoms with Crippen LogP contribution in [0, 0.1) is 0 Å². The molecule has 15 heavy (non-hydrogen) atoms. The smallest absolute Gasteiger partial charge is 0.230 e. The Labute approximate surface area is 91.8 Å². The van der Waals surface area contributed by atoms with E-state index in [2.05, 4.69) is 5.16 Å². The average molecular weight is 227 g/mol. The van der Waals surface area contributed by atoms with Crippen LogP contribution in [0.2, 0.25) is 0 Å². The van der Waals surface area contributed by atoms with Crippen molar-refractivity contribution in [3.05, 3.63) is 22.4 Å². The minimum atomic E-state index is -0.168. The molecule has 0 saturated heterocycles. The van der Waals surface area contributed by atoms with Gasteiger partial charge in [0.05, 0.1) is 13.0 Å². The topological polar surface area (TPSA) is 78.9 Å². The fourth-order valence-electron chi connectivity index (χ4n) is 1.05. The van der Waals surface area contributed by atoms with Crippen molar-refractivity contribution in [3.8, 4) is 0 Å². The summed E-state index contributed by atoms with van der Waals surface area (Å²) < 4.78 is 0. The lowest BCUT2D eigenvalue weighted by atomic mass is 10.3. The van der Waals surface area contributed by atoms with Gasteiger partial charge in [-0.05, 0) is 11.4 Å². The van der Waals surface area contributed by atoms with Crippen LogP contribution in [0.25, 0.3) is 0 Å². The maximum absolute atomic E-state index is 11.5. The summed E-state index contributed by atoms with van der Waals surface area (Å²) in [6.45, 7) is 0.551. The highest BCUT2D eigenvalue weighted by atomic mass is 32.1. The van der Waals surface area contributed by atoms with Gasteiger partial charge in [0, 0.05) is 11.9 Å². The molecule has 1 aromatic heterocycles. The van der Waals surface area contributed by atoms with Gasteiger partial charge in [0.15, 0.2) is 0 Å². The molecular weight excluding hydrogens is 214 g/mol. The first kappa shape index (κ1) is 11.5. The fraction of sp³-hybridized carbons (Fsp3) is 0.333. The number of thiophene rings is 1. The lowest BCUT2D eigenvalue weighted by Gasteiger charge is -2.15. The van der Waals surface area contributed by atoms with Crippen molar-refractivity contribution in [1.82, 2.24) is 4.90 Å². The zero-order valence-corrected chi connectivity index (χ0v) is 9.20. The number of hydrogen-bond acceptors (Lipinski definition) is 4. The summed E-state index contributed by atoms with van der Waals surface area (Å²) in [5, 5.41) is 13.0. The normalized spacial score (nSPS) is 11.4. The van der Waals surface area contributed by atoms with E-state index >= 15 is 0 Å². The number of carbonyl (C=O) groups excluding carboxylic acids is 1. The number of carbonyl (C=O) groups is 1. The van der Waals surface area contributed by atoms with Crippen LogP contribution in [-0.2, 0) is 11.3 Å². The van der Waals surface area contributed by atoms with Crippen molar-refractivity contribution >= 4 is 23.1 Å². The Morgan fingerprint density at radius 1 is 1.73 bits per heavy atom. The predicted molar refractivity (Wildman–Crippen MR) is 58.8 cm³/mol. The van der Waals surface area contributed by atoms with Gasteiger partial charge >= 0.3 is 0 Å². The molecule has 0 unspecified atom stereocenters. The van der Waals surface area contributed by atoms with Crippen molar-refractivity contribution in [2.24, 2.45) is 10.9 Å². The minimum absolute atomic E-state index is 0.0572. The van der Waals surface area contributed by atoms with Crippen LogP contribution in [0.5, 0.6) is 0 Å². The van der Waals surface area contributed by atoms with E-state index in [4.69, 9.17) is 10.9 Å². The first-order valence-corrected chi connectivity index (χ1v) is 5.24. The monoisotopic (exact) mass is 227 g/mol. The Balaban J connectivity index is 2.47. The molecule has 0 atom stereocenters. The van der Waals surface area contributed by atoms with Crippen molar-refractivity contribution < 1.29 is 10.0 Å². The molecule has 0 radical (unpaired) electrons. The molecule has 6 heteroatoms. The molecule has 0 saturated carbocycles. The number of amidine groups is 1. The quantitative estimate of drug-likeness (QED) is 0.346. The number of amides is 1. The maximum Gasteiger partial charge on any atom is 0.230 e. The summed E-state index contributed by atoms with van der Waals surface area (Å²) in [5.41, 5.74) is 5.24. The minimum Gasteiger partial charge on any atom is -0.409 e. The van der Waals surface area contributed by atoms with Gasteiger partial charge in [-0.25, -0.2) is 0 Å². The Morgan fingerprint density at radius 2 is 2.47 bits per heavy atom. The van der Waals surface area contributed by atoms with Crippen molar-refractivity contribution in [2.45, 2.75) is 13.0 Å². The van der Waals surface area contributed by atoms with Gasteiger partial charge in [-0.3, -0.25) is 4.79 Å². The molecule has 3 N–H and O–H groups in total. The molecule has 0 bridgehead atoms. The molecule has 1 amide bonds. The van der Waals surface area contributed by atoms with E-state index in [1.165, 1.54) is 0 Å². The SMILES string of the molecule is CN(Cc1cccs1)C(=O)C/C(N)=N/O. The van der Waals surface area contributed by atoms with Gasteiger partial charge in [-0.15, -0.1) is 11.3 Å². The molecular formula is C9H13N3O2S. The summed E-state index contributed by atoms with van der Waals surface area (Å²) in [4.78, 5) is 14.1. The van der Waals surface area contributed by atoms with Gasteiger partial charge < -0.3 is 15.8 Å². The highest BCUT2D eigenvalue weighted by molar-refractivity contribution is 7.09. The predicted octanol–water partition coefficient (Wildman–Crippen LogP) is 0.843. The zero-order valence-electron chi connectivity index (χ0n) is 8.38. The van der Waals surface area contributed by atoms with Crippen molar-refractivity contribution in [2.75, 3.05) is 7.05 Å². The van der Waals surface area contributed by atoms with Gasteiger partial charge in [-0.2, -0.15) is 0 Å². The van der Waals surface area contributed by atoms with Crippen LogP contribution in [0.15, 0.2) is 22.7 Å². The van der Waals surface area contributed by atoms with E-state index in [1.54, 1.807) is 23.3 Å².